The maximum absolute atomic E-state index is 12.1. The maximum Gasteiger partial charge on any atom is 0.317 e. The summed E-state index contributed by atoms with van der Waals surface area (Å²) in [5.41, 5.74) is 0. The first-order valence-electron chi connectivity index (χ1n) is 7.68. The van der Waals surface area contributed by atoms with Crippen LogP contribution in [0.15, 0.2) is 17.5 Å². The second-order valence-electron chi connectivity index (χ2n) is 5.93. The average molecular weight is 309 g/mol. The lowest BCUT2D eigenvalue weighted by Crippen LogP contribution is -2.53. The van der Waals surface area contributed by atoms with Gasteiger partial charge in [0.05, 0.1) is 12.6 Å². The molecule has 0 radical (unpaired) electrons. The Labute approximate surface area is 129 Å². The van der Waals surface area contributed by atoms with Crippen LogP contribution in [0.25, 0.3) is 0 Å². The van der Waals surface area contributed by atoms with Crippen LogP contribution in [0.1, 0.15) is 17.7 Å². The molecule has 2 heterocycles. The van der Waals surface area contributed by atoms with Crippen molar-refractivity contribution in [1.29, 1.82) is 0 Å². The molecular formula is C15H23N3O2S. The van der Waals surface area contributed by atoms with Crippen LogP contribution in [0.5, 0.6) is 0 Å². The van der Waals surface area contributed by atoms with Gasteiger partial charge in [-0.3, -0.25) is 4.90 Å². The van der Waals surface area contributed by atoms with Crippen LogP contribution in [0, 0.1) is 5.92 Å². The zero-order valence-electron chi connectivity index (χ0n) is 12.2. The molecule has 2 aliphatic rings. The normalized spacial score (nSPS) is 21.3. The summed E-state index contributed by atoms with van der Waals surface area (Å²) < 4.78 is 0. The van der Waals surface area contributed by atoms with E-state index < -0.39 is 0 Å². The van der Waals surface area contributed by atoms with E-state index in [0.717, 1.165) is 32.7 Å². The van der Waals surface area contributed by atoms with Crippen molar-refractivity contribution < 1.29 is 9.90 Å². The highest BCUT2D eigenvalue weighted by atomic mass is 32.1. The molecule has 1 aromatic rings. The molecule has 1 aromatic heterocycles. The smallest absolute Gasteiger partial charge is 0.317 e. The Kier molecular flexibility index (Phi) is 4.77. The fourth-order valence-electron chi connectivity index (χ4n) is 2.72. The fraction of sp³-hybridized carbons (Fsp3) is 0.667. The summed E-state index contributed by atoms with van der Waals surface area (Å²) in [7, 11) is 0. The number of aliphatic hydroxyl groups excluding tert-OH is 1. The molecule has 1 unspecified atom stereocenters. The molecule has 1 saturated carbocycles. The Hall–Kier alpha value is -1.11. The zero-order chi connectivity index (χ0) is 14.7. The van der Waals surface area contributed by atoms with Crippen molar-refractivity contribution in [2.75, 3.05) is 32.7 Å². The first-order chi connectivity index (χ1) is 10.2. The van der Waals surface area contributed by atoms with Crippen molar-refractivity contribution in [3.63, 3.8) is 0 Å². The molecule has 6 heteroatoms. The maximum atomic E-state index is 12.1. The van der Waals surface area contributed by atoms with Crippen molar-refractivity contribution >= 4 is 17.4 Å². The number of urea groups is 1. The number of hydrogen-bond donors (Lipinski definition) is 2. The van der Waals surface area contributed by atoms with Crippen LogP contribution in [0.4, 0.5) is 4.79 Å². The summed E-state index contributed by atoms with van der Waals surface area (Å²) in [6.45, 7) is 4.57. The van der Waals surface area contributed by atoms with Crippen LogP contribution < -0.4 is 5.32 Å². The van der Waals surface area contributed by atoms with Gasteiger partial charge in [-0.25, -0.2) is 4.79 Å². The summed E-state index contributed by atoms with van der Waals surface area (Å²) in [6.07, 6.45) is 2.17. The van der Waals surface area contributed by atoms with Gasteiger partial charge < -0.3 is 15.3 Å². The minimum atomic E-state index is -0.177. The summed E-state index contributed by atoms with van der Waals surface area (Å²) in [5.74, 6) is 0.525. The summed E-state index contributed by atoms with van der Waals surface area (Å²) in [6, 6.07) is 4.05. The lowest BCUT2D eigenvalue weighted by molar-refractivity contribution is 0.0696. The third kappa shape index (κ3) is 4.18. The highest BCUT2D eigenvalue weighted by Gasteiger charge is 2.32. The molecule has 1 atom stereocenters. The van der Waals surface area contributed by atoms with Gasteiger partial charge in [0.25, 0.3) is 0 Å². The minimum Gasteiger partial charge on any atom is -0.392 e. The molecule has 1 aliphatic heterocycles. The molecule has 21 heavy (non-hydrogen) atoms. The fourth-order valence-corrected chi connectivity index (χ4v) is 3.36. The van der Waals surface area contributed by atoms with E-state index in [2.05, 4.69) is 10.2 Å². The number of rotatable bonds is 5. The molecule has 1 saturated heterocycles. The molecule has 2 N–H and O–H groups in total. The molecule has 5 nitrogen and oxygen atoms in total. The van der Waals surface area contributed by atoms with E-state index in [-0.39, 0.29) is 12.1 Å². The molecule has 0 spiro atoms. The van der Waals surface area contributed by atoms with Crippen LogP contribution in [-0.2, 0) is 6.54 Å². The van der Waals surface area contributed by atoms with Gasteiger partial charge in [-0.05, 0) is 30.2 Å². The quantitative estimate of drug-likeness (QED) is 0.863. The van der Waals surface area contributed by atoms with Gasteiger partial charge in [-0.15, -0.1) is 11.3 Å². The largest absolute Gasteiger partial charge is 0.392 e. The Morgan fingerprint density at radius 2 is 2.14 bits per heavy atom. The van der Waals surface area contributed by atoms with E-state index in [1.807, 2.05) is 22.4 Å². The number of piperazine rings is 1. The van der Waals surface area contributed by atoms with Crippen molar-refractivity contribution in [1.82, 2.24) is 15.1 Å². The van der Waals surface area contributed by atoms with Gasteiger partial charge in [0.15, 0.2) is 0 Å². The molecule has 116 valence electrons. The molecule has 2 amide bonds. The second kappa shape index (κ2) is 6.77. The van der Waals surface area contributed by atoms with Gasteiger partial charge in [0.2, 0.25) is 0 Å². The molecular weight excluding hydrogens is 286 g/mol. The molecule has 1 aliphatic carbocycles. The summed E-state index contributed by atoms with van der Waals surface area (Å²) in [5, 5.41) is 15.0. The predicted octanol–water partition coefficient (Wildman–Crippen LogP) is 1.35. The number of nitrogens with zero attached hydrogens (tertiary/aromatic N) is 2. The third-order valence-electron chi connectivity index (χ3n) is 4.26. The number of amides is 2. The van der Waals surface area contributed by atoms with Gasteiger partial charge >= 0.3 is 6.03 Å². The first kappa shape index (κ1) is 14.8. The zero-order valence-corrected chi connectivity index (χ0v) is 13.0. The lowest BCUT2D eigenvalue weighted by atomic mass is 10.2. The molecule has 0 aromatic carbocycles. The minimum absolute atomic E-state index is 0.0193. The van der Waals surface area contributed by atoms with E-state index in [9.17, 15) is 9.90 Å². The van der Waals surface area contributed by atoms with E-state index in [1.54, 1.807) is 11.3 Å². The van der Waals surface area contributed by atoms with Crippen LogP contribution in [0.3, 0.4) is 0 Å². The number of nitrogens with one attached hydrogen (secondary N) is 1. The number of carbonyl (C=O) groups excluding carboxylic acids is 1. The van der Waals surface area contributed by atoms with Crippen molar-refractivity contribution in [3.8, 4) is 0 Å². The summed E-state index contributed by atoms with van der Waals surface area (Å²) >= 11 is 1.66. The van der Waals surface area contributed by atoms with Crippen LogP contribution >= 0.6 is 11.3 Å². The standard InChI is InChI=1S/C15H23N3O2S/c19-14(12-3-4-12)11-17-5-7-18(8-6-17)15(20)16-10-13-2-1-9-21-13/h1-2,9,12,14,19H,3-8,10-11H2,(H,16,20). The van der Waals surface area contributed by atoms with E-state index in [4.69, 9.17) is 0 Å². The SMILES string of the molecule is O=C(NCc1cccs1)N1CCN(CC(O)C2CC2)CC1. The Balaban J connectivity index is 1.37. The highest BCUT2D eigenvalue weighted by molar-refractivity contribution is 7.09. The van der Waals surface area contributed by atoms with Crippen molar-refractivity contribution in [2.45, 2.75) is 25.5 Å². The Morgan fingerprint density at radius 3 is 2.76 bits per heavy atom. The number of aliphatic hydroxyl groups is 1. The van der Waals surface area contributed by atoms with E-state index in [0.29, 0.717) is 12.5 Å². The monoisotopic (exact) mass is 309 g/mol. The molecule has 2 fully saturated rings. The predicted molar refractivity (Wildman–Crippen MR) is 83.3 cm³/mol. The number of thiophene rings is 1. The lowest BCUT2D eigenvalue weighted by Gasteiger charge is -2.35. The number of β-amino-alcohol motifs (C(OH)–C–C–N with tert-alkyl or cyclic N) is 1. The second-order valence-corrected chi connectivity index (χ2v) is 6.96. The topological polar surface area (TPSA) is 55.8 Å². The number of carbonyl (C=O) groups is 1. The first-order valence-corrected chi connectivity index (χ1v) is 8.56. The Bertz CT molecular complexity index is 453. The third-order valence-corrected chi connectivity index (χ3v) is 5.14. The van der Waals surface area contributed by atoms with E-state index >= 15 is 0 Å². The molecule has 3 rings (SSSR count). The van der Waals surface area contributed by atoms with Crippen LogP contribution in [0.2, 0.25) is 0 Å². The van der Waals surface area contributed by atoms with Gasteiger partial charge in [0, 0.05) is 37.6 Å². The van der Waals surface area contributed by atoms with Crippen molar-refractivity contribution in [3.05, 3.63) is 22.4 Å². The highest BCUT2D eigenvalue weighted by Crippen LogP contribution is 2.32. The van der Waals surface area contributed by atoms with Gasteiger partial charge in [-0.2, -0.15) is 0 Å². The summed E-state index contributed by atoms with van der Waals surface area (Å²) in [4.78, 5) is 17.4. The average Bonchev–Trinajstić information content (AvgIpc) is 3.23. The Morgan fingerprint density at radius 1 is 1.38 bits per heavy atom. The van der Waals surface area contributed by atoms with Gasteiger partial charge in [-0.1, -0.05) is 6.07 Å². The van der Waals surface area contributed by atoms with Crippen LogP contribution in [-0.4, -0.2) is 59.8 Å². The van der Waals surface area contributed by atoms with Crippen molar-refractivity contribution in [2.24, 2.45) is 5.92 Å². The van der Waals surface area contributed by atoms with E-state index in [1.165, 1.54) is 17.7 Å². The number of hydrogen-bond acceptors (Lipinski definition) is 4. The van der Waals surface area contributed by atoms with Gasteiger partial charge in [0.1, 0.15) is 0 Å². The molecule has 0 bridgehead atoms.